The summed E-state index contributed by atoms with van der Waals surface area (Å²) in [6.07, 6.45) is 5.14. The molecule has 1 saturated heterocycles. The molecule has 2 fully saturated rings. The quantitative estimate of drug-likeness (QED) is 0.807. The normalized spacial score (nSPS) is 33.1. The Kier molecular flexibility index (Phi) is 4.80. The summed E-state index contributed by atoms with van der Waals surface area (Å²) in [5, 5.41) is 9.37. The summed E-state index contributed by atoms with van der Waals surface area (Å²) in [4.78, 5) is 2.45. The molecule has 0 amide bonds. The number of hydrogen-bond donors (Lipinski definition) is 2. The third-order valence-corrected chi connectivity index (χ3v) is 5.31. The van der Waals surface area contributed by atoms with Crippen molar-refractivity contribution in [2.75, 3.05) is 19.7 Å². The van der Waals surface area contributed by atoms with E-state index in [0.29, 0.717) is 12.0 Å². The third kappa shape index (κ3) is 3.19. The van der Waals surface area contributed by atoms with Crippen molar-refractivity contribution >= 4 is 0 Å². The Hall–Kier alpha value is -0.160. The number of hydrogen-bond acceptors (Lipinski definition) is 4. The van der Waals surface area contributed by atoms with Crippen LogP contribution in [0.2, 0.25) is 0 Å². The molecule has 1 saturated carbocycles. The van der Waals surface area contributed by atoms with Gasteiger partial charge in [-0.05, 0) is 40.5 Å². The summed E-state index contributed by atoms with van der Waals surface area (Å²) in [6.45, 7) is 10.4. The van der Waals surface area contributed by atoms with Crippen LogP contribution in [0.1, 0.15) is 53.4 Å². The monoisotopic (exact) mass is 284 g/mol. The SMILES string of the molecule is CC1(C)OC(C)(C)C(CN(CCO)C2CCCC2)C1N. The number of rotatable bonds is 5. The third-order valence-electron chi connectivity index (χ3n) is 5.31. The van der Waals surface area contributed by atoms with Gasteiger partial charge < -0.3 is 15.6 Å². The van der Waals surface area contributed by atoms with Crippen LogP contribution in [-0.4, -0.2) is 53.0 Å². The molecule has 0 aromatic carbocycles. The molecule has 3 N–H and O–H groups in total. The lowest BCUT2D eigenvalue weighted by molar-refractivity contribution is -0.0794. The van der Waals surface area contributed by atoms with Crippen molar-refractivity contribution in [1.29, 1.82) is 0 Å². The minimum absolute atomic E-state index is 0.0418. The van der Waals surface area contributed by atoms with Gasteiger partial charge in [0.1, 0.15) is 0 Å². The highest BCUT2D eigenvalue weighted by atomic mass is 16.5. The summed E-state index contributed by atoms with van der Waals surface area (Å²) in [5.41, 5.74) is 5.99. The molecule has 0 bridgehead atoms. The minimum Gasteiger partial charge on any atom is -0.395 e. The van der Waals surface area contributed by atoms with Gasteiger partial charge in [0, 0.05) is 31.1 Å². The van der Waals surface area contributed by atoms with Crippen LogP contribution in [0.3, 0.4) is 0 Å². The molecule has 2 atom stereocenters. The van der Waals surface area contributed by atoms with Gasteiger partial charge in [-0.15, -0.1) is 0 Å². The molecule has 4 heteroatoms. The molecule has 0 spiro atoms. The maximum absolute atomic E-state index is 9.37. The average molecular weight is 284 g/mol. The Balaban J connectivity index is 2.08. The molecule has 4 nitrogen and oxygen atoms in total. The van der Waals surface area contributed by atoms with Gasteiger partial charge in [0.25, 0.3) is 0 Å². The van der Waals surface area contributed by atoms with Gasteiger partial charge in [-0.3, -0.25) is 4.90 Å². The van der Waals surface area contributed by atoms with E-state index >= 15 is 0 Å². The van der Waals surface area contributed by atoms with E-state index in [-0.39, 0.29) is 23.9 Å². The molecule has 2 unspecified atom stereocenters. The zero-order valence-electron chi connectivity index (χ0n) is 13.6. The second kappa shape index (κ2) is 5.91. The van der Waals surface area contributed by atoms with Crippen LogP contribution >= 0.6 is 0 Å². The van der Waals surface area contributed by atoms with Crippen molar-refractivity contribution in [1.82, 2.24) is 4.90 Å². The summed E-state index contributed by atoms with van der Waals surface area (Å²) >= 11 is 0. The van der Waals surface area contributed by atoms with Crippen LogP contribution in [0.25, 0.3) is 0 Å². The average Bonchev–Trinajstić information content (AvgIpc) is 2.89. The van der Waals surface area contributed by atoms with E-state index in [1.54, 1.807) is 0 Å². The van der Waals surface area contributed by atoms with E-state index in [4.69, 9.17) is 10.5 Å². The van der Waals surface area contributed by atoms with Crippen molar-refractivity contribution in [3.05, 3.63) is 0 Å². The molecule has 2 rings (SSSR count). The van der Waals surface area contributed by atoms with Crippen LogP contribution < -0.4 is 5.73 Å². The Morgan fingerprint density at radius 2 is 1.75 bits per heavy atom. The zero-order valence-corrected chi connectivity index (χ0v) is 13.6. The maximum Gasteiger partial charge on any atom is 0.0788 e. The number of aliphatic hydroxyl groups is 1. The fourth-order valence-electron chi connectivity index (χ4n) is 4.15. The molecule has 118 valence electrons. The van der Waals surface area contributed by atoms with Gasteiger partial charge in [-0.1, -0.05) is 12.8 Å². The first kappa shape index (κ1) is 16.2. The summed E-state index contributed by atoms with van der Waals surface area (Å²) in [5.74, 6) is 0.310. The van der Waals surface area contributed by atoms with Gasteiger partial charge in [0.2, 0.25) is 0 Å². The highest BCUT2D eigenvalue weighted by Gasteiger charge is 2.52. The first-order valence-electron chi connectivity index (χ1n) is 8.08. The lowest BCUT2D eigenvalue weighted by Crippen LogP contribution is -2.50. The van der Waals surface area contributed by atoms with Crippen LogP contribution in [0.4, 0.5) is 0 Å². The lowest BCUT2D eigenvalue weighted by atomic mass is 9.82. The van der Waals surface area contributed by atoms with Crippen LogP contribution in [-0.2, 0) is 4.74 Å². The topological polar surface area (TPSA) is 58.7 Å². The van der Waals surface area contributed by atoms with Gasteiger partial charge >= 0.3 is 0 Å². The summed E-state index contributed by atoms with van der Waals surface area (Å²) in [7, 11) is 0. The largest absolute Gasteiger partial charge is 0.395 e. The molecule has 20 heavy (non-hydrogen) atoms. The predicted molar refractivity (Wildman–Crippen MR) is 81.6 cm³/mol. The van der Waals surface area contributed by atoms with E-state index in [2.05, 4.69) is 32.6 Å². The van der Waals surface area contributed by atoms with E-state index in [1.165, 1.54) is 25.7 Å². The Morgan fingerprint density at radius 1 is 1.15 bits per heavy atom. The molecule has 1 aliphatic carbocycles. The fraction of sp³-hybridized carbons (Fsp3) is 1.00. The van der Waals surface area contributed by atoms with Crippen LogP contribution in [0.15, 0.2) is 0 Å². The smallest absolute Gasteiger partial charge is 0.0788 e. The fourth-order valence-corrected chi connectivity index (χ4v) is 4.15. The first-order valence-corrected chi connectivity index (χ1v) is 8.08. The number of aliphatic hydroxyl groups excluding tert-OH is 1. The van der Waals surface area contributed by atoms with Crippen molar-refractivity contribution in [2.24, 2.45) is 11.7 Å². The summed E-state index contributed by atoms with van der Waals surface area (Å²) in [6, 6.07) is 0.661. The van der Waals surface area contributed by atoms with E-state index in [0.717, 1.165) is 13.1 Å². The Bertz CT molecular complexity index is 324. The van der Waals surface area contributed by atoms with Gasteiger partial charge in [0.15, 0.2) is 0 Å². The molecular weight excluding hydrogens is 252 g/mol. The summed E-state index contributed by atoms with van der Waals surface area (Å²) < 4.78 is 6.19. The predicted octanol–water partition coefficient (Wildman–Crippen LogP) is 1.75. The number of ether oxygens (including phenoxy) is 1. The number of nitrogens with two attached hydrogens (primary N) is 1. The highest BCUT2D eigenvalue weighted by Crippen LogP contribution is 2.42. The molecule has 0 aromatic heterocycles. The minimum atomic E-state index is -0.269. The van der Waals surface area contributed by atoms with Crippen LogP contribution in [0.5, 0.6) is 0 Å². The van der Waals surface area contributed by atoms with Crippen LogP contribution in [0, 0.1) is 5.92 Å². The first-order chi connectivity index (χ1) is 9.28. The maximum atomic E-state index is 9.37. The van der Waals surface area contributed by atoms with E-state index in [9.17, 15) is 5.11 Å². The Morgan fingerprint density at radius 3 is 2.20 bits per heavy atom. The second-order valence-corrected chi connectivity index (χ2v) is 7.60. The molecule has 0 aromatic rings. The number of nitrogens with zero attached hydrogens (tertiary/aromatic N) is 1. The highest BCUT2D eigenvalue weighted by molar-refractivity contribution is 5.05. The van der Waals surface area contributed by atoms with E-state index < -0.39 is 0 Å². The standard InChI is InChI=1S/C16H32N2O2/c1-15(2)13(14(17)16(3,4)20-15)11-18(9-10-19)12-7-5-6-8-12/h12-14,19H,5-11,17H2,1-4H3. The molecular formula is C16H32N2O2. The van der Waals surface area contributed by atoms with Gasteiger partial charge in [-0.25, -0.2) is 0 Å². The van der Waals surface area contributed by atoms with Gasteiger partial charge in [0.05, 0.1) is 17.8 Å². The molecule has 1 heterocycles. The van der Waals surface area contributed by atoms with Crippen molar-refractivity contribution < 1.29 is 9.84 Å². The molecule has 0 radical (unpaired) electrons. The lowest BCUT2D eigenvalue weighted by Gasteiger charge is -2.36. The second-order valence-electron chi connectivity index (χ2n) is 7.60. The van der Waals surface area contributed by atoms with Gasteiger partial charge in [-0.2, -0.15) is 0 Å². The zero-order chi connectivity index (χ0) is 15.0. The Labute approximate surface area is 123 Å². The van der Waals surface area contributed by atoms with Crippen molar-refractivity contribution in [2.45, 2.75) is 76.7 Å². The molecule has 1 aliphatic heterocycles. The van der Waals surface area contributed by atoms with Crippen molar-refractivity contribution in [3.63, 3.8) is 0 Å². The molecule has 2 aliphatic rings. The van der Waals surface area contributed by atoms with Crippen molar-refractivity contribution in [3.8, 4) is 0 Å². The van der Waals surface area contributed by atoms with E-state index in [1.807, 2.05) is 0 Å².